The predicted molar refractivity (Wildman–Crippen MR) is 121 cm³/mol. The van der Waals surface area contributed by atoms with E-state index in [1.54, 1.807) is 17.0 Å². The second-order valence-corrected chi connectivity index (χ2v) is 8.27. The Balaban J connectivity index is 1.69. The molecule has 0 radical (unpaired) electrons. The molecule has 0 unspecified atom stereocenters. The zero-order chi connectivity index (χ0) is 23.1. The number of rotatable bonds is 7. The van der Waals surface area contributed by atoms with Crippen LogP contribution in [-0.4, -0.2) is 47.8 Å². The Bertz CT molecular complexity index is 925. The number of carbonyl (C=O) groups excluding carboxylic acids is 3. The number of hydrogen-bond acceptors (Lipinski definition) is 3. The summed E-state index contributed by atoms with van der Waals surface area (Å²) in [6.07, 6.45) is 1.97. The van der Waals surface area contributed by atoms with Crippen LogP contribution in [0.25, 0.3) is 0 Å². The van der Waals surface area contributed by atoms with Crippen molar-refractivity contribution in [2.75, 3.05) is 13.1 Å². The van der Waals surface area contributed by atoms with Crippen LogP contribution >= 0.6 is 0 Å². The number of nitrogens with zero attached hydrogens (tertiary/aromatic N) is 1. The summed E-state index contributed by atoms with van der Waals surface area (Å²) in [5, 5.41) is 5.81. The lowest BCUT2D eigenvalue weighted by molar-refractivity contribution is -0.125. The van der Waals surface area contributed by atoms with Gasteiger partial charge in [-0.2, -0.15) is 0 Å². The molecule has 2 aromatic carbocycles. The molecular weight excluding hydrogens is 409 g/mol. The number of nitrogens with one attached hydrogen (secondary N) is 2. The van der Waals surface area contributed by atoms with E-state index in [9.17, 15) is 18.8 Å². The van der Waals surface area contributed by atoms with Crippen molar-refractivity contribution >= 4 is 17.7 Å². The molecule has 2 atom stereocenters. The average molecular weight is 440 g/mol. The summed E-state index contributed by atoms with van der Waals surface area (Å²) in [5.41, 5.74) is 0.936. The number of carbonyl (C=O) groups is 3. The summed E-state index contributed by atoms with van der Waals surface area (Å²) in [5.74, 6) is -1.22. The molecule has 3 amide bonds. The van der Waals surface area contributed by atoms with Crippen LogP contribution in [0.5, 0.6) is 0 Å². The Morgan fingerprint density at radius 3 is 2.19 bits per heavy atom. The smallest absolute Gasteiger partial charge is 0.253 e. The molecule has 0 bridgehead atoms. The van der Waals surface area contributed by atoms with Gasteiger partial charge in [0.25, 0.3) is 11.8 Å². The van der Waals surface area contributed by atoms with E-state index in [0.717, 1.165) is 6.42 Å². The van der Waals surface area contributed by atoms with Gasteiger partial charge in [-0.15, -0.1) is 0 Å². The van der Waals surface area contributed by atoms with Gasteiger partial charge in [-0.1, -0.05) is 25.1 Å². The highest BCUT2D eigenvalue weighted by molar-refractivity contribution is 5.97. The van der Waals surface area contributed by atoms with Crippen LogP contribution in [0.3, 0.4) is 0 Å². The molecule has 1 aliphatic heterocycles. The van der Waals surface area contributed by atoms with Crippen LogP contribution in [0.4, 0.5) is 4.39 Å². The standard InChI is InChI=1S/C25H30FN3O3/c1-3-17(2)27-24(31)22(28-23(30)19-9-11-21(26)12-10-19)18-13-15-29(16-14-18)25(32)20-7-5-4-6-8-20/h4-12,17-18,22H,3,13-16H2,1-2H3,(H,27,31)(H,28,30)/t17-,22+/m1/s1. The van der Waals surface area contributed by atoms with E-state index in [2.05, 4.69) is 10.6 Å². The molecular formula is C25H30FN3O3. The van der Waals surface area contributed by atoms with E-state index in [1.165, 1.54) is 24.3 Å². The third kappa shape index (κ3) is 5.93. The van der Waals surface area contributed by atoms with Gasteiger partial charge in [0.15, 0.2) is 0 Å². The van der Waals surface area contributed by atoms with Gasteiger partial charge in [0, 0.05) is 30.3 Å². The average Bonchev–Trinajstić information content (AvgIpc) is 2.82. The van der Waals surface area contributed by atoms with Crippen molar-refractivity contribution in [2.24, 2.45) is 5.92 Å². The first-order valence-electron chi connectivity index (χ1n) is 11.1. The predicted octanol–water partition coefficient (Wildman–Crippen LogP) is 3.39. The quantitative estimate of drug-likeness (QED) is 0.694. The van der Waals surface area contributed by atoms with Crippen molar-refractivity contribution in [2.45, 2.75) is 45.2 Å². The van der Waals surface area contributed by atoms with Crippen molar-refractivity contribution < 1.29 is 18.8 Å². The second-order valence-electron chi connectivity index (χ2n) is 8.27. The van der Waals surface area contributed by atoms with Crippen LogP contribution in [0.1, 0.15) is 53.8 Å². The lowest BCUT2D eigenvalue weighted by Gasteiger charge is -2.36. The highest BCUT2D eigenvalue weighted by Gasteiger charge is 2.34. The lowest BCUT2D eigenvalue weighted by Crippen LogP contribution is -2.55. The zero-order valence-corrected chi connectivity index (χ0v) is 18.5. The second kappa shape index (κ2) is 10.9. The first-order chi connectivity index (χ1) is 15.4. The molecule has 1 fully saturated rings. The summed E-state index contributed by atoms with van der Waals surface area (Å²) < 4.78 is 13.2. The maximum atomic E-state index is 13.2. The van der Waals surface area contributed by atoms with E-state index >= 15 is 0 Å². The molecule has 0 saturated carbocycles. The number of piperidine rings is 1. The van der Waals surface area contributed by atoms with E-state index in [1.807, 2.05) is 32.0 Å². The van der Waals surface area contributed by atoms with Gasteiger partial charge in [0.2, 0.25) is 5.91 Å². The maximum Gasteiger partial charge on any atom is 0.253 e. The summed E-state index contributed by atoms with van der Waals surface area (Å²) in [6, 6.07) is 13.6. The third-order valence-electron chi connectivity index (χ3n) is 6.00. The van der Waals surface area contributed by atoms with Crippen molar-refractivity contribution in [3.63, 3.8) is 0 Å². The monoisotopic (exact) mass is 439 g/mol. The number of benzene rings is 2. The van der Waals surface area contributed by atoms with E-state index in [-0.39, 0.29) is 23.8 Å². The third-order valence-corrected chi connectivity index (χ3v) is 6.00. The lowest BCUT2D eigenvalue weighted by atomic mass is 9.88. The molecule has 1 heterocycles. The Kier molecular flexibility index (Phi) is 7.98. The molecule has 2 N–H and O–H groups in total. The van der Waals surface area contributed by atoms with Crippen LogP contribution in [-0.2, 0) is 4.79 Å². The molecule has 32 heavy (non-hydrogen) atoms. The molecule has 1 aliphatic rings. The minimum absolute atomic E-state index is 0.0209. The molecule has 1 saturated heterocycles. The highest BCUT2D eigenvalue weighted by Crippen LogP contribution is 2.23. The first kappa shape index (κ1) is 23.4. The fourth-order valence-electron chi connectivity index (χ4n) is 3.86. The largest absolute Gasteiger partial charge is 0.352 e. The normalized spacial score (nSPS) is 16.2. The maximum absolute atomic E-state index is 13.2. The van der Waals surface area contributed by atoms with Crippen LogP contribution in [0.15, 0.2) is 54.6 Å². The van der Waals surface area contributed by atoms with Gasteiger partial charge in [0.1, 0.15) is 11.9 Å². The molecule has 3 rings (SSSR count). The fraction of sp³-hybridized carbons (Fsp3) is 0.400. The molecule has 0 aliphatic carbocycles. The van der Waals surface area contributed by atoms with Crippen molar-refractivity contribution in [1.29, 1.82) is 0 Å². The number of hydrogen-bond donors (Lipinski definition) is 2. The fourth-order valence-corrected chi connectivity index (χ4v) is 3.86. The first-order valence-corrected chi connectivity index (χ1v) is 11.1. The summed E-state index contributed by atoms with van der Waals surface area (Å²) in [4.78, 5) is 40.3. The molecule has 0 aromatic heterocycles. The van der Waals surface area contributed by atoms with Gasteiger partial charge in [-0.25, -0.2) is 4.39 Å². The molecule has 170 valence electrons. The van der Waals surface area contributed by atoms with E-state index < -0.39 is 17.8 Å². The van der Waals surface area contributed by atoms with Gasteiger partial charge < -0.3 is 15.5 Å². The van der Waals surface area contributed by atoms with Crippen molar-refractivity contribution in [3.8, 4) is 0 Å². The van der Waals surface area contributed by atoms with Crippen LogP contribution in [0.2, 0.25) is 0 Å². The molecule has 0 spiro atoms. The van der Waals surface area contributed by atoms with Crippen LogP contribution < -0.4 is 10.6 Å². The highest BCUT2D eigenvalue weighted by atomic mass is 19.1. The minimum Gasteiger partial charge on any atom is -0.352 e. The molecule has 6 nitrogen and oxygen atoms in total. The summed E-state index contributed by atoms with van der Waals surface area (Å²) in [6.45, 7) is 4.92. The zero-order valence-electron chi connectivity index (χ0n) is 18.5. The molecule has 7 heteroatoms. The summed E-state index contributed by atoms with van der Waals surface area (Å²) >= 11 is 0. The summed E-state index contributed by atoms with van der Waals surface area (Å²) in [7, 11) is 0. The number of likely N-dealkylation sites (tertiary alicyclic amines) is 1. The van der Waals surface area contributed by atoms with Gasteiger partial charge >= 0.3 is 0 Å². The van der Waals surface area contributed by atoms with E-state index in [4.69, 9.17) is 0 Å². The number of amides is 3. The topological polar surface area (TPSA) is 78.5 Å². The Morgan fingerprint density at radius 2 is 1.59 bits per heavy atom. The van der Waals surface area contributed by atoms with Gasteiger partial charge in [-0.05, 0) is 68.5 Å². The molecule has 2 aromatic rings. The van der Waals surface area contributed by atoms with Gasteiger partial charge in [0.05, 0.1) is 0 Å². The Hall–Kier alpha value is -3.22. The van der Waals surface area contributed by atoms with Crippen LogP contribution in [0, 0.1) is 11.7 Å². The van der Waals surface area contributed by atoms with Gasteiger partial charge in [-0.3, -0.25) is 14.4 Å². The van der Waals surface area contributed by atoms with Crippen molar-refractivity contribution in [3.05, 3.63) is 71.5 Å². The Labute approximate surface area is 188 Å². The number of halogens is 1. The van der Waals surface area contributed by atoms with E-state index in [0.29, 0.717) is 37.1 Å². The van der Waals surface area contributed by atoms with Crippen molar-refractivity contribution in [1.82, 2.24) is 15.5 Å². The SMILES string of the molecule is CC[C@@H](C)NC(=O)[C@@H](NC(=O)c1ccc(F)cc1)C1CCN(C(=O)c2ccccc2)CC1. The minimum atomic E-state index is -0.726. The Morgan fingerprint density at radius 1 is 0.969 bits per heavy atom.